The minimum atomic E-state index is -3.85. The zero-order valence-electron chi connectivity index (χ0n) is 20.8. The van der Waals surface area contributed by atoms with Gasteiger partial charge in [0.25, 0.3) is 10.0 Å². The lowest BCUT2D eigenvalue weighted by Crippen LogP contribution is -2.41. The molecule has 1 saturated heterocycles. The molecule has 3 heterocycles. The zero-order chi connectivity index (χ0) is 26.5. The molecule has 1 atom stereocenters. The number of piperidine rings is 1. The monoisotopic (exact) mass is 529 g/mol. The first-order valence-electron chi connectivity index (χ1n) is 12.2. The number of nitrogens with one attached hydrogen (secondary N) is 2. The average molecular weight is 530 g/mol. The maximum atomic E-state index is 13.0. The molecule has 10 nitrogen and oxygen atoms in total. The molecule has 4 aromatic rings. The van der Waals surface area contributed by atoms with Gasteiger partial charge in [-0.05, 0) is 67.8 Å². The van der Waals surface area contributed by atoms with Crippen LogP contribution in [0.2, 0.25) is 0 Å². The zero-order valence-corrected chi connectivity index (χ0v) is 21.6. The third kappa shape index (κ3) is 5.78. The number of aryl methyl sites for hydroxylation is 1. The van der Waals surface area contributed by atoms with Crippen LogP contribution in [0.4, 0.5) is 17.5 Å². The molecular formula is C27H27N7O3S. The average Bonchev–Trinajstić information content (AvgIpc) is 2.94. The van der Waals surface area contributed by atoms with Crippen molar-refractivity contribution in [3.63, 3.8) is 0 Å². The Hall–Kier alpha value is -4.38. The number of benzene rings is 2. The summed E-state index contributed by atoms with van der Waals surface area (Å²) in [5, 5.41) is 11.8. The van der Waals surface area contributed by atoms with E-state index in [9.17, 15) is 13.2 Å². The molecule has 1 fully saturated rings. The summed E-state index contributed by atoms with van der Waals surface area (Å²) in [4.78, 5) is 22.9. The summed E-state index contributed by atoms with van der Waals surface area (Å²) in [6.45, 7) is 3.37. The second-order valence-electron chi connectivity index (χ2n) is 9.07. The van der Waals surface area contributed by atoms with Gasteiger partial charge in [-0.1, -0.05) is 24.3 Å². The second-order valence-corrected chi connectivity index (χ2v) is 10.8. The summed E-state index contributed by atoms with van der Waals surface area (Å²) in [6, 6.07) is 19.5. The molecule has 1 amide bonds. The highest BCUT2D eigenvalue weighted by atomic mass is 32.2. The van der Waals surface area contributed by atoms with E-state index in [1.807, 2.05) is 43.3 Å². The Morgan fingerprint density at radius 3 is 2.42 bits per heavy atom. The SMILES string of the molecule is Cc1ccccc1-c1ccc(N2CCCC(C(=O)Nc3ccc(S(=O)(=O)Nc4ncccn4)cc3)C2)nn1. The predicted octanol–water partition coefficient (Wildman–Crippen LogP) is 3.90. The van der Waals surface area contributed by atoms with Crippen LogP contribution < -0.4 is 14.9 Å². The molecule has 1 aliphatic rings. The van der Waals surface area contributed by atoms with E-state index >= 15 is 0 Å². The second kappa shape index (κ2) is 10.9. The molecule has 1 unspecified atom stereocenters. The van der Waals surface area contributed by atoms with Crippen LogP contribution in [0.5, 0.6) is 0 Å². The molecule has 38 heavy (non-hydrogen) atoms. The van der Waals surface area contributed by atoms with Crippen LogP contribution in [-0.2, 0) is 14.8 Å². The molecular weight excluding hydrogens is 502 g/mol. The van der Waals surface area contributed by atoms with E-state index in [0.29, 0.717) is 12.2 Å². The number of rotatable bonds is 7. The van der Waals surface area contributed by atoms with E-state index in [2.05, 4.69) is 35.1 Å². The van der Waals surface area contributed by atoms with Crippen molar-refractivity contribution >= 4 is 33.4 Å². The molecule has 1 aliphatic heterocycles. The number of nitrogens with zero attached hydrogens (tertiary/aromatic N) is 5. The van der Waals surface area contributed by atoms with E-state index in [4.69, 9.17) is 0 Å². The summed E-state index contributed by atoms with van der Waals surface area (Å²) in [5.74, 6) is 0.373. The number of amides is 1. The van der Waals surface area contributed by atoms with Crippen LogP contribution >= 0.6 is 0 Å². The highest BCUT2D eigenvalue weighted by Crippen LogP contribution is 2.26. The van der Waals surface area contributed by atoms with Crippen LogP contribution in [0, 0.1) is 12.8 Å². The fourth-order valence-electron chi connectivity index (χ4n) is 4.39. The Kier molecular flexibility index (Phi) is 7.27. The van der Waals surface area contributed by atoms with E-state index in [1.54, 1.807) is 18.2 Å². The number of carbonyl (C=O) groups is 1. The third-order valence-electron chi connectivity index (χ3n) is 6.41. The minimum Gasteiger partial charge on any atom is -0.354 e. The van der Waals surface area contributed by atoms with Crippen molar-refractivity contribution in [2.24, 2.45) is 5.92 Å². The fraction of sp³-hybridized carbons (Fsp3) is 0.222. The van der Waals surface area contributed by atoms with Crippen molar-refractivity contribution < 1.29 is 13.2 Å². The first kappa shape index (κ1) is 25.3. The first-order chi connectivity index (χ1) is 18.4. The van der Waals surface area contributed by atoms with Crippen LogP contribution in [0.25, 0.3) is 11.3 Å². The van der Waals surface area contributed by atoms with Crippen LogP contribution in [-0.4, -0.2) is 47.6 Å². The molecule has 0 radical (unpaired) electrons. The molecule has 11 heteroatoms. The number of anilines is 3. The Morgan fingerprint density at radius 1 is 0.947 bits per heavy atom. The summed E-state index contributed by atoms with van der Waals surface area (Å²) in [7, 11) is -3.85. The Morgan fingerprint density at radius 2 is 1.71 bits per heavy atom. The molecule has 2 aromatic heterocycles. The minimum absolute atomic E-state index is 0.0127. The molecule has 0 spiro atoms. The number of sulfonamides is 1. The highest BCUT2D eigenvalue weighted by Gasteiger charge is 2.27. The fourth-order valence-corrected chi connectivity index (χ4v) is 5.35. The maximum Gasteiger partial charge on any atom is 0.264 e. The largest absolute Gasteiger partial charge is 0.354 e. The van der Waals surface area contributed by atoms with Gasteiger partial charge in [0.15, 0.2) is 5.82 Å². The van der Waals surface area contributed by atoms with Crippen molar-refractivity contribution in [1.29, 1.82) is 0 Å². The smallest absolute Gasteiger partial charge is 0.264 e. The molecule has 5 rings (SSSR count). The Labute approximate surface area is 221 Å². The van der Waals surface area contributed by atoms with Gasteiger partial charge in [0.2, 0.25) is 11.9 Å². The lowest BCUT2D eigenvalue weighted by Gasteiger charge is -2.32. The van der Waals surface area contributed by atoms with Crippen LogP contribution in [0.3, 0.4) is 0 Å². The Bertz CT molecular complexity index is 1510. The topological polar surface area (TPSA) is 130 Å². The van der Waals surface area contributed by atoms with Gasteiger partial charge in [0.05, 0.1) is 16.5 Å². The highest BCUT2D eigenvalue weighted by molar-refractivity contribution is 7.92. The van der Waals surface area contributed by atoms with E-state index in [1.165, 1.54) is 24.5 Å². The van der Waals surface area contributed by atoms with Crippen LogP contribution in [0.15, 0.2) is 84.0 Å². The molecule has 194 valence electrons. The van der Waals surface area contributed by atoms with E-state index in [-0.39, 0.29) is 22.7 Å². The number of hydrogen-bond donors (Lipinski definition) is 2. The van der Waals surface area contributed by atoms with Gasteiger partial charge < -0.3 is 10.2 Å². The van der Waals surface area contributed by atoms with Crippen molar-refractivity contribution in [3.8, 4) is 11.3 Å². The van der Waals surface area contributed by atoms with Crippen molar-refractivity contribution in [2.75, 3.05) is 28.0 Å². The summed E-state index contributed by atoms with van der Waals surface area (Å²) in [6.07, 6.45) is 4.50. The predicted molar refractivity (Wildman–Crippen MR) is 145 cm³/mol. The van der Waals surface area contributed by atoms with Crippen LogP contribution in [0.1, 0.15) is 18.4 Å². The number of hydrogen-bond acceptors (Lipinski definition) is 8. The van der Waals surface area contributed by atoms with Gasteiger partial charge in [0, 0.05) is 36.7 Å². The standard InChI is InChI=1S/C27H27N7O3S/c1-19-6-2-3-8-23(19)24-13-14-25(32-31-24)34-17-4-7-20(18-34)26(35)30-21-9-11-22(12-10-21)38(36,37)33-27-28-15-5-16-29-27/h2-3,5-6,8-16,20H,4,7,17-18H2,1H3,(H,30,35)(H,28,29,33). The summed E-state index contributed by atoms with van der Waals surface area (Å²) in [5.41, 5.74) is 3.52. The molecule has 2 aromatic carbocycles. The van der Waals surface area contributed by atoms with Gasteiger partial charge in [-0.3, -0.25) is 4.79 Å². The van der Waals surface area contributed by atoms with Crippen molar-refractivity contribution in [1.82, 2.24) is 20.2 Å². The summed E-state index contributed by atoms with van der Waals surface area (Å²) < 4.78 is 27.5. The quantitative estimate of drug-likeness (QED) is 0.369. The van der Waals surface area contributed by atoms with Gasteiger partial charge in [-0.15, -0.1) is 10.2 Å². The number of aromatic nitrogens is 4. The van der Waals surface area contributed by atoms with Gasteiger partial charge in [0.1, 0.15) is 0 Å². The molecule has 2 N–H and O–H groups in total. The van der Waals surface area contributed by atoms with Gasteiger partial charge >= 0.3 is 0 Å². The lowest BCUT2D eigenvalue weighted by atomic mass is 9.97. The molecule has 0 bridgehead atoms. The van der Waals surface area contributed by atoms with Crippen molar-refractivity contribution in [2.45, 2.75) is 24.7 Å². The number of carbonyl (C=O) groups excluding carboxylic acids is 1. The summed E-state index contributed by atoms with van der Waals surface area (Å²) >= 11 is 0. The van der Waals surface area contributed by atoms with Gasteiger partial charge in [-0.25, -0.2) is 23.1 Å². The van der Waals surface area contributed by atoms with E-state index in [0.717, 1.165) is 42.0 Å². The lowest BCUT2D eigenvalue weighted by molar-refractivity contribution is -0.120. The molecule has 0 saturated carbocycles. The van der Waals surface area contributed by atoms with Crippen molar-refractivity contribution in [3.05, 3.63) is 84.7 Å². The third-order valence-corrected chi connectivity index (χ3v) is 7.76. The molecule has 0 aliphatic carbocycles. The normalized spacial score (nSPS) is 15.6. The van der Waals surface area contributed by atoms with Gasteiger partial charge in [-0.2, -0.15) is 0 Å². The van der Waals surface area contributed by atoms with E-state index < -0.39 is 10.0 Å². The first-order valence-corrected chi connectivity index (χ1v) is 13.7. The maximum absolute atomic E-state index is 13.0. The Balaban J connectivity index is 1.21.